The molecule has 7 heteroatoms. The van der Waals surface area contributed by atoms with Gasteiger partial charge in [-0.3, -0.25) is 4.79 Å². The number of aromatic carboxylic acids is 1. The molecule has 0 aromatic heterocycles. The topological polar surface area (TPSA) is 66.4 Å². The lowest BCUT2D eigenvalue weighted by molar-refractivity contribution is -0.124. The van der Waals surface area contributed by atoms with E-state index in [1.807, 2.05) is 0 Å². The molecule has 0 heterocycles. The number of carbonyl (C=O) groups excluding carboxylic acids is 1. The van der Waals surface area contributed by atoms with E-state index < -0.39 is 48.1 Å². The molecule has 1 aliphatic rings. The Labute approximate surface area is 119 Å². The number of carboxylic acids is 1. The second-order valence-corrected chi connectivity index (χ2v) is 5.09. The monoisotopic (exact) mass is 301 g/mol. The van der Waals surface area contributed by atoms with Crippen LogP contribution in [0.25, 0.3) is 0 Å². The summed E-state index contributed by atoms with van der Waals surface area (Å²) >= 11 is 0. The number of carbonyl (C=O) groups is 2. The highest BCUT2D eigenvalue weighted by Crippen LogP contribution is 2.36. The number of anilines is 1. The molecule has 1 saturated carbocycles. The van der Waals surface area contributed by atoms with E-state index in [4.69, 9.17) is 5.11 Å². The Hall–Kier alpha value is -2.05. The maximum Gasteiger partial charge on any atom is 0.337 e. The lowest BCUT2D eigenvalue weighted by Crippen LogP contribution is -2.32. The first-order valence-corrected chi connectivity index (χ1v) is 6.51. The number of nitrogens with one attached hydrogen (secondary N) is 1. The minimum absolute atomic E-state index is 0.00428. The largest absolute Gasteiger partial charge is 0.478 e. The van der Waals surface area contributed by atoms with E-state index in [1.165, 1.54) is 6.07 Å². The lowest BCUT2D eigenvalue weighted by Gasteiger charge is -2.27. The lowest BCUT2D eigenvalue weighted by atomic mass is 9.86. The SMILES string of the molecule is O=C(O)c1cccc(F)c1NC(=O)C1CCC(F)(F)CC1. The minimum Gasteiger partial charge on any atom is -0.478 e. The van der Waals surface area contributed by atoms with Gasteiger partial charge in [-0.05, 0) is 25.0 Å². The predicted octanol–water partition coefficient (Wildman–Crippen LogP) is 3.29. The van der Waals surface area contributed by atoms with Crippen LogP contribution in [0.3, 0.4) is 0 Å². The normalized spacial score (nSPS) is 18.2. The van der Waals surface area contributed by atoms with Gasteiger partial charge < -0.3 is 10.4 Å². The standard InChI is InChI=1S/C14H14F3NO3/c15-10-3-1-2-9(13(20)21)11(10)18-12(19)8-4-6-14(16,17)7-5-8/h1-3,8H,4-7H2,(H,18,19)(H,20,21). The van der Waals surface area contributed by atoms with Crippen LogP contribution in [0.2, 0.25) is 0 Å². The summed E-state index contributed by atoms with van der Waals surface area (Å²) in [6.07, 6.45) is -0.798. The van der Waals surface area contributed by atoms with Crippen LogP contribution >= 0.6 is 0 Å². The highest BCUT2D eigenvalue weighted by atomic mass is 19.3. The molecule has 0 aliphatic heterocycles. The number of carboxylic acid groups (broad SMARTS) is 1. The van der Waals surface area contributed by atoms with E-state index in [2.05, 4.69) is 5.32 Å². The number of halogens is 3. The van der Waals surface area contributed by atoms with Gasteiger partial charge in [-0.25, -0.2) is 18.0 Å². The third-order valence-corrected chi connectivity index (χ3v) is 3.58. The van der Waals surface area contributed by atoms with Crippen molar-refractivity contribution in [3.8, 4) is 0 Å². The van der Waals surface area contributed by atoms with Crippen molar-refractivity contribution in [2.75, 3.05) is 5.32 Å². The van der Waals surface area contributed by atoms with Crippen LogP contribution in [0.5, 0.6) is 0 Å². The van der Waals surface area contributed by atoms with Gasteiger partial charge in [0.1, 0.15) is 5.82 Å². The Morgan fingerprint density at radius 3 is 2.43 bits per heavy atom. The molecule has 114 valence electrons. The quantitative estimate of drug-likeness (QED) is 0.900. The third-order valence-electron chi connectivity index (χ3n) is 3.58. The Morgan fingerprint density at radius 1 is 1.24 bits per heavy atom. The number of para-hydroxylation sites is 1. The van der Waals surface area contributed by atoms with E-state index in [0.29, 0.717) is 0 Å². The molecule has 4 nitrogen and oxygen atoms in total. The molecular formula is C14H14F3NO3. The molecule has 0 spiro atoms. The Balaban J connectivity index is 2.12. The summed E-state index contributed by atoms with van der Waals surface area (Å²) in [7, 11) is 0. The molecule has 0 bridgehead atoms. The van der Waals surface area contributed by atoms with Gasteiger partial charge in [-0.1, -0.05) is 6.07 Å². The zero-order chi connectivity index (χ0) is 15.6. The van der Waals surface area contributed by atoms with Crippen molar-refractivity contribution in [1.29, 1.82) is 0 Å². The Morgan fingerprint density at radius 2 is 1.86 bits per heavy atom. The van der Waals surface area contributed by atoms with Gasteiger partial charge in [-0.15, -0.1) is 0 Å². The highest BCUT2D eigenvalue weighted by Gasteiger charge is 2.37. The van der Waals surface area contributed by atoms with Gasteiger partial charge in [0.05, 0.1) is 11.3 Å². The molecule has 21 heavy (non-hydrogen) atoms. The smallest absolute Gasteiger partial charge is 0.337 e. The molecule has 0 unspecified atom stereocenters. The second kappa shape index (κ2) is 5.75. The molecule has 2 N–H and O–H groups in total. The number of hydrogen-bond acceptors (Lipinski definition) is 2. The maximum absolute atomic E-state index is 13.7. The number of rotatable bonds is 3. The summed E-state index contributed by atoms with van der Waals surface area (Å²) in [6, 6.07) is 3.41. The molecule has 0 atom stereocenters. The Bertz CT molecular complexity index is 565. The van der Waals surface area contributed by atoms with Gasteiger partial charge in [0.2, 0.25) is 11.8 Å². The van der Waals surface area contributed by atoms with Gasteiger partial charge in [0.15, 0.2) is 0 Å². The molecular weight excluding hydrogens is 287 g/mol. The van der Waals surface area contributed by atoms with Crippen molar-refractivity contribution >= 4 is 17.6 Å². The van der Waals surface area contributed by atoms with Crippen LogP contribution in [0.15, 0.2) is 18.2 Å². The van der Waals surface area contributed by atoms with Crippen molar-refractivity contribution in [3.63, 3.8) is 0 Å². The summed E-state index contributed by atoms with van der Waals surface area (Å²) in [5.41, 5.74) is -0.795. The number of alkyl halides is 2. The van der Waals surface area contributed by atoms with Crippen molar-refractivity contribution < 1.29 is 27.9 Å². The second-order valence-electron chi connectivity index (χ2n) is 5.09. The first-order valence-electron chi connectivity index (χ1n) is 6.51. The van der Waals surface area contributed by atoms with E-state index in [9.17, 15) is 22.8 Å². The summed E-state index contributed by atoms with van der Waals surface area (Å²) in [4.78, 5) is 23.0. The first kappa shape index (κ1) is 15.3. The summed E-state index contributed by atoms with van der Waals surface area (Å²) in [5, 5.41) is 11.2. The average molecular weight is 301 g/mol. The molecule has 1 aromatic carbocycles. The summed E-state index contributed by atoms with van der Waals surface area (Å²) in [6.45, 7) is 0. The average Bonchev–Trinajstić information content (AvgIpc) is 2.40. The van der Waals surface area contributed by atoms with Gasteiger partial charge in [0, 0.05) is 18.8 Å². The molecule has 1 fully saturated rings. The van der Waals surface area contributed by atoms with E-state index in [1.54, 1.807) is 0 Å². The molecule has 1 aromatic rings. The van der Waals surface area contributed by atoms with Crippen molar-refractivity contribution in [3.05, 3.63) is 29.6 Å². The number of benzene rings is 1. The van der Waals surface area contributed by atoms with Crippen molar-refractivity contribution in [2.45, 2.75) is 31.6 Å². The fraction of sp³-hybridized carbons (Fsp3) is 0.429. The molecule has 0 radical (unpaired) electrons. The van der Waals surface area contributed by atoms with Crippen LogP contribution in [-0.4, -0.2) is 22.9 Å². The fourth-order valence-electron chi connectivity index (χ4n) is 2.36. The van der Waals surface area contributed by atoms with Crippen molar-refractivity contribution in [1.82, 2.24) is 0 Å². The molecule has 0 saturated heterocycles. The Kier molecular flexibility index (Phi) is 4.20. The third kappa shape index (κ3) is 3.53. The fourth-order valence-corrected chi connectivity index (χ4v) is 2.36. The molecule has 1 aliphatic carbocycles. The van der Waals surface area contributed by atoms with E-state index >= 15 is 0 Å². The summed E-state index contributed by atoms with van der Waals surface area (Å²) in [5.74, 6) is -6.30. The van der Waals surface area contributed by atoms with Gasteiger partial charge >= 0.3 is 5.97 Å². The summed E-state index contributed by atoms with van der Waals surface area (Å²) < 4.78 is 39.7. The minimum atomic E-state index is -2.76. The highest BCUT2D eigenvalue weighted by molar-refractivity contribution is 6.01. The first-order chi connectivity index (χ1) is 9.80. The zero-order valence-electron chi connectivity index (χ0n) is 11.0. The van der Waals surface area contributed by atoms with E-state index in [0.717, 1.165) is 12.1 Å². The molecule has 2 rings (SSSR count). The number of amides is 1. The van der Waals surface area contributed by atoms with Crippen LogP contribution < -0.4 is 5.32 Å². The van der Waals surface area contributed by atoms with Gasteiger partial charge in [0.25, 0.3) is 0 Å². The number of hydrogen-bond donors (Lipinski definition) is 2. The predicted molar refractivity (Wildman–Crippen MR) is 68.9 cm³/mol. The van der Waals surface area contributed by atoms with Crippen LogP contribution in [0.4, 0.5) is 18.9 Å². The van der Waals surface area contributed by atoms with Crippen LogP contribution in [0.1, 0.15) is 36.0 Å². The maximum atomic E-state index is 13.7. The van der Waals surface area contributed by atoms with Crippen LogP contribution in [-0.2, 0) is 4.79 Å². The van der Waals surface area contributed by atoms with Gasteiger partial charge in [-0.2, -0.15) is 0 Å². The van der Waals surface area contributed by atoms with Crippen molar-refractivity contribution in [2.24, 2.45) is 5.92 Å². The zero-order valence-corrected chi connectivity index (χ0v) is 11.0. The van der Waals surface area contributed by atoms with E-state index in [-0.39, 0.29) is 18.4 Å². The van der Waals surface area contributed by atoms with Crippen LogP contribution in [0, 0.1) is 11.7 Å². The molecule has 1 amide bonds.